The molecule has 1 amide bonds. The molecule has 0 fully saturated rings. The fraction of sp³-hybridized carbons (Fsp3) is 0.278. The largest absolute Gasteiger partial charge is 0.450 e. The second kappa shape index (κ2) is 10.5. The lowest BCUT2D eigenvalue weighted by Crippen LogP contribution is -2.26. The van der Waals surface area contributed by atoms with Crippen LogP contribution in [0.25, 0.3) is 0 Å². The number of ether oxygens (including phenoxy) is 1. The summed E-state index contributed by atoms with van der Waals surface area (Å²) in [6.07, 6.45) is 7.48. The van der Waals surface area contributed by atoms with E-state index in [1.54, 1.807) is 12.2 Å². The zero-order valence-electron chi connectivity index (χ0n) is 12.4. The Bertz CT molecular complexity index is 477. The molecule has 0 atom stereocenters. The highest BCUT2D eigenvalue weighted by Crippen LogP contribution is 2.06. The quantitative estimate of drug-likeness (QED) is 0.549. The molecule has 1 aromatic rings. The number of hydrogen-bond acceptors (Lipinski definition) is 2. The summed E-state index contributed by atoms with van der Waals surface area (Å²) in [6, 6.07) is 10.0. The summed E-state index contributed by atoms with van der Waals surface area (Å²) in [4.78, 5) is 11.5. The van der Waals surface area contributed by atoms with Crippen molar-refractivity contribution in [3.05, 3.63) is 72.9 Å². The van der Waals surface area contributed by atoms with Gasteiger partial charge < -0.3 is 10.1 Å². The van der Waals surface area contributed by atoms with E-state index in [-0.39, 0.29) is 6.09 Å². The number of nitrogens with one attached hydrogen (secondary N) is 1. The molecule has 0 heterocycles. The van der Waals surface area contributed by atoms with Crippen molar-refractivity contribution in [3.8, 4) is 0 Å². The van der Waals surface area contributed by atoms with E-state index in [2.05, 4.69) is 18.5 Å². The molecule has 0 unspecified atom stereocenters. The van der Waals surface area contributed by atoms with Crippen LogP contribution in [0.15, 0.2) is 67.3 Å². The number of hydrogen-bond donors (Lipinski definition) is 1. The monoisotopic (exact) mass is 285 g/mol. The second-order valence-electron chi connectivity index (χ2n) is 4.58. The molecule has 0 aliphatic heterocycles. The number of amides is 1. The number of allylic oxidation sites excluding steroid dienone is 4. The molecule has 0 saturated carbocycles. The van der Waals surface area contributed by atoms with Crippen molar-refractivity contribution >= 4 is 6.09 Å². The summed E-state index contributed by atoms with van der Waals surface area (Å²) in [5, 5.41) is 2.75. The Labute approximate surface area is 127 Å². The summed E-state index contributed by atoms with van der Waals surface area (Å²) in [7, 11) is 0. The van der Waals surface area contributed by atoms with Crippen LogP contribution in [0.4, 0.5) is 4.79 Å². The fourth-order valence-corrected chi connectivity index (χ4v) is 1.85. The number of benzene rings is 1. The number of carbonyl (C=O) groups excluding carboxylic acids is 1. The normalized spacial score (nSPS) is 10.8. The van der Waals surface area contributed by atoms with E-state index in [0.717, 1.165) is 24.8 Å². The zero-order valence-corrected chi connectivity index (χ0v) is 12.4. The van der Waals surface area contributed by atoms with Crippen LogP contribution in [0.2, 0.25) is 0 Å². The van der Waals surface area contributed by atoms with Crippen molar-refractivity contribution in [2.75, 3.05) is 13.2 Å². The molecule has 0 aromatic heterocycles. The first kappa shape index (κ1) is 16.8. The minimum Gasteiger partial charge on any atom is -0.450 e. The van der Waals surface area contributed by atoms with Gasteiger partial charge in [-0.3, -0.25) is 0 Å². The van der Waals surface area contributed by atoms with Crippen molar-refractivity contribution in [2.45, 2.75) is 19.3 Å². The first-order valence-electron chi connectivity index (χ1n) is 7.15. The maximum Gasteiger partial charge on any atom is 0.407 e. The first-order chi connectivity index (χ1) is 10.3. The zero-order chi connectivity index (χ0) is 15.3. The van der Waals surface area contributed by atoms with E-state index in [9.17, 15) is 4.79 Å². The van der Waals surface area contributed by atoms with Crippen LogP contribution in [-0.4, -0.2) is 19.2 Å². The minimum atomic E-state index is -0.362. The average Bonchev–Trinajstić information content (AvgIpc) is 2.51. The van der Waals surface area contributed by atoms with Crippen molar-refractivity contribution < 1.29 is 9.53 Å². The van der Waals surface area contributed by atoms with Gasteiger partial charge in [-0.05, 0) is 30.4 Å². The number of rotatable bonds is 9. The van der Waals surface area contributed by atoms with Gasteiger partial charge in [0.2, 0.25) is 0 Å². The van der Waals surface area contributed by atoms with Crippen molar-refractivity contribution in [1.82, 2.24) is 5.32 Å². The molecule has 21 heavy (non-hydrogen) atoms. The van der Waals surface area contributed by atoms with Crippen LogP contribution in [0, 0.1) is 0 Å². The molecule has 0 bridgehead atoms. The van der Waals surface area contributed by atoms with Crippen LogP contribution in [0.5, 0.6) is 0 Å². The highest BCUT2D eigenvalue weighted by Gasteiger charge is 2.01. The van der Waals surface area contributed by atoms with Gasteiger partial charge >= 0.3 is 6.09 Å². The van der Waals surface area contributed by atoms with Gasteiger partial charge in [0.05, 0.1) is 6.61 Å². The topological polar surface area (TPSA) is 38.3 Å². The SMILES string of the molecule is C=C/C=C(\C=C)CCCOC(=O)NCCc1ccccc1. The number of carbonyl (C=O) groups is 1. The third-order valence-electron chi connectivity index (χ3n) is 2.96. The van der Waals surface area contributed by atoms with Crippen LogP contribution in [-0.2, 0) is 11.2 Å². The molecule has 0 aliphatic carbocycles. The Kier molecular flexibility index (Phi) is 8.38. The van der Waals surface area contributed by atoms with Crippen LogP contribution in [0.3, 0.4) is 0 Å². The van der Waals surface area contributed by atoms with Crippen LogP contribution in [0.1, 0.15) is 18.4 Å². The van der Waals surface area contributed by atoms with Gasteiger partial charge in [0.1, 0.15) is 0 Å². The highest BCUT2D eigenvalue weighted by molar-refractivity contribution is 5.67. The van der Waals surface area contributed by atoms with Crippen LogP contribution >= 0.6 is 0 Å². The molecular formula is C18H23NO2. The van der Waals surface area contributed by atoms with Crippen LogP contribution < -0.4 is 5.32 Å². The first-order valence-corrected chi connectivity index (χ1v) is 7.15. The molecular weight excluding hydrogens is 262 g/mol. The third-order valence-corrected chi connectivity index (χ3v) is 2.96. The van der Waals surface area contributed by atoms with E-state index < -0.39 is 0 Å². The lowest BCUT2D eigenvalue weighted by molar-refractivity contribution is 0.145. The maximum atomic E-state index is 11.5. The highest BCUT2D eigenvalue weighted by atomic mass is 16.5. The minimum absolute atomic E-state index is 0.362. The molecule has 0 radical (unpaired) electrons. The van der Waals surface area contributed by atoms with Crippen molar-refractivity contribution in [3.63, 3.8) is 0 Å². The van der Waals surface area contributed by atoms with Gasteiger partial charge in [-0.2, -0.15) is 0 Å². The Morgan fingerprint density at radius 1 is 1.24 bits per heavy atom. The van der Waals surface area contributed by atoms with Crippen molar-refractivity contribution in [2.24, 2.45) is 0 Å². The molecule has 0 spiro atoms. The molecule has 3 nitrogen and oxygen atoms in total. The summed E-state index contributed by atoms with van der Waals surface area (Å²) in [5.41, 5.74) is 2.29. The van der Waals surface area contributed by atoms with E-state index in [1.807, 2.05) is 36.4 Å². The van der Waals surface area contributed by atoms with Gasteiger partial charge in [0, 0.05) is 6.54 Å². The van der Waals surface area contributed by atoms with Crippen molar-refractivity contribution in [1.29, 1.82) is 0 Å². The predicted molar refractivity (Wildman–Crippen MR) is 87.2 cm³/mol. The Morgan fingerprint density at radius 2 is 2.00 bits per heavy atom. The van der Waals surface area contributed by atoms with Gasteiger partial charge in [-0.1, -0.05) is 61.7 Å². The average molecular weight is 285 g/mol. The summed E-state index contributed by atoms with van der Waals surface area (Å²) in [6.45, 7) is 8.35. The van der Waals surface area contributed by atoms with Gasteiger partial charge in [0.25, 0.3) is 0 Å². The number of alkyl carbamates (subject to hydrolysis) is 1. The lowest BCUT2D eigenvalue weighted by Gasteiger charge is -2.07. The summed E-state index contributed by atoms with van der Waals surface area (Å²) < 4.78 is 5.12. The fourth-order valence-electron chi connectivity index (χ4n) is 1.85. The maximum absolute atomic E-state index is 11.5. The Morgan fingerprint density at radius 3 is 2.67 bits per heavy atom. The van der Waals surface area contributed by atoms with Gasteiger partial charge in [-0.15, -0.1) is 0 Å². The smallest absolute Gasteiger partial charge is 0.407 e. The van der Waals surface area contributed by atoms with E-state index in [1.165, 1.54) is 5.56 Å². The predicted octanol–water partition coefficient (Wildman–Crippen LogP) is 4.03. The lowest BCUT2D eigenvalue weighted by atomic mass is 10.1. The molecule has 112 valence electrons. The third kappa shape index (κ3) is 7.78. The standard InChI is InChI=1S/C18H23NO2/c1-3-9-16(4-2)12-8-15-21-18(20)19-14-13-17-10-6-5-7-11-17/h3-7,9-11H,1-2,8,12-15H2,(H,19,20)/b16-9+. The van der Waals surface area contributed by atoms with E-state index in [4.69, 9.17) is 4.74 Å². The molecule has 1 aromatic carbocycles. The Hall–Kier alpha value is -2.29. The van der Waals surface area contributed by atoms with Gasteiger partial charge in [-0.25, -0.2) is 4.79 Å². The molecule has 3 heteroatoms. The van der Waals surface area contributed by atoms with E-state index >= 15 is 0 Å². The second-order valence-corrected chi connectivity index (χ2v) is 4.58. The molecule has 1 N–H and O–H groups in total. The molecule has 0 saturated heterocycles. The summed E-state index contributed by atoms with van der Waals surface area (Å²) in [5.74, 6) is 0. The molecule has 0 aliphatic rings. The Balaban J connectivity index is 2.10. The molecule has 1 rings (SSSR count). The summed E-state index contributed by atoms with van der Waals surface area (Å²) >= 11 is 0. The van der Waals surface area contributed by atoms with E-state index in [0.29, 0.717) is 13.2 Å². The van der Waals surface area contributed by atoms with Gasteiger partial charge in [0.15, 0.2) is 0 Å².